The minimum absolute atomic E-state index is 0. The van der Waals surface area contributed by atoms with Crippen molar-refractivity contribution in [2.45, 2.75) is 118 Å². The van der Waals surface area contributed by atoms with Gasteiger partial charge in [-0.15, -0.1) is 12.5 Å². The summed E-state index contributed by atoms with van der Waals surface area (Å²) < 4.78 is 1.42. The summed E-state index contributed by atoms with van der Waals surface area (Å²) in [6.45, 7) is 27.5. The van der Waals surface area contributed by atoms with Gasteiger partial charge in [-0.2, -0.15) is 23.8 Å². The molecule has 3 aliphatic rings. The van der Waals surface area contributed by atoms with Crippen molar-refractivity contribution in [1.29, 1.82) is 0 Å². The van der Waals surface area contributed by atoms with Crippen molar-refractivity contribution in [2.75, 3.05) is 0 Å². The van der Waals surface area contributed by atoms with Crippen molar-refractivity contribution in [3.05, 3.63) is 177 Å². The number of hydrogen-bond donors (Lipinski definition) is 0. The molecule has 0 nitrogen and oxygen atoms in total. The molecule has 3 aliphatic carbocycles. The van der Waals surface area contributed by atoms with Crippen LogP contribution in [0.1, 0.15) is 145 Å². The minimum atomic E-state index is 0. The Bertz CT molecular complexity index is 2050. The van der Waals surface area contributed by atoms with Gasteiger partial charge in [-0.1, -0.05) is 62.9 Å². The van der Waals surface area contributed by atoms with Gasteiger partial charge in [0, 0.05) is 0 Å². The van der Waals surface area contributed by atoms with Gasteiger partial charge in [0.2, 0.25) is 0 Å². The third kappa shape index (κ3) is 9.77. The van der Waals surface area contributed by atoms with Crippen molar-refractivity contribution < 1.29 is 49.0 Å². The molecule has 0 aromatic heterocycles. The number of benzene rings is 4. The SMILES string of the molecule is CC(C)(C)c1ccc([C](=[Zr+2])c2ccc(C(C)(C)C)cc2)cc1.CC1=C[CH-]C(C)(C)c2cc3c(cc21)-c1cc2c(cc1C3)C(C)(C)CC=C2C.[Cl-].[Cl-].c1cc[cH-]c1. The Morgan fingerprint density at radius 3 is 1.48 bits per heavy atom. The fourth-order valence-electron chi connectivity index (χ4n) is 7.94. The van der Waals surface area contributed by atoms with Crippen molar-refractivity contribution in [3.8, 4) is 11.1 Å². The van der Waals surface area contributed by atoms with Crippen LogP contribution in [0.25, 0.3) is 22.3 Å². The van der Waals surface area contributed by atoms with Crippen molar-refractivity contribution in [1.82, 2.24) is 0 Å². The maximum absolute atomic E-state index is 2.51. The van der Waals surface area contributed by atoms with Crippen molar-refractivity contribution in [3.63, 3.8) is 0 Å². The standard InChI is InChI=1S/C27H29.C21H26.C5H5.2ClH.Zr/c1-16-7-9-26(3,4)24-12-18-11-19-13-25-21(17(2)8-10-27(25,5)6)15-23(19)22(18)14-20(16)24;1-20(2,3)18-11-7-16(8-12-18)15-17-9-13-19(14-10-17)21(4,5)6;1-2-4-5-3-1;;;/h7-9,12-15H,10-11H2,1-6H3;7-14H,1-6H3;1-5H;2*1H;/q-1;;-1;;;+2/p-2. The molecule has 0 saturated carbocycles. The fraction of sp³-hybridized carbons (Fsp3) is 0.340. The molecule has 0 N–H and O–H groups in total. The fourth-order valence-corrected chi connectivity index (χ4v) is 8.76. The Hall–Kier alpha value is -3.09. The summed E-state index contributed by atoms with van der Waals surface area (Å²) in [5.41, 5.74) is 20.9. The Labute approximate surface area is 366 Å². The van der Waals surface area contributed by atoms with E-state index in [9.17, 15) is 0 Å². The van der Waals surface area contributed by atoms with Gasteiger partial charge in [-0.05, 0) is 70.2 Å². The molecule has 0 atom stereocenters. The first kappa shape index (κ1) is 45.6. The quantitative estimate of drug-likeness (QED) is 0.155. The Morgan fingerprint density at radius 1 is 0.607 bits per heavy atom. The van der Waals surface area contributed by atoms with Crippen LogP contribution in [-0.2, 0) is 52.3 Å². The van der Waals surface area contributed by atoms with E-state index in [1.165, 1.54) is 105 Å². The molecule has 0 bridgehead atoms. The molecule has 5 aromatic carbocycles. The van der Waals surface area contributed by atoms with Crippen molar-refractivity contribution >= 4 is 14.4 Å². The van der Waals surface area contributed by atoms with Crippen molar-refractivity contribution in [2.24, 2.45) is 0 Å². The van der Waals surface area contributed by atoms with Gasteiger partial charge < -0.3 is 24.8 Å². The van der Waals surface area contributed by atoms with E-state index in [2.05, 4.69) is 174 Å². The molecule has 0 saturated heterocycles. The molecule has 3 heteroatoms. The summed E-state index contributed by atoms with van der Waals surface area (Å²) in [6, 6.07) is 38.1. The predicted octanol–water partition coefficient (Wildman–Crippen LogP) is 8.05. The Balaban J connectivity index is 0.000000218. The normalized spacial score (nSPS) is 15.5. The van der Waals surface area contributed by atoms with E-state index in [0.29, 0.717) is 0 Å². The maximum atomic E-state index is 2.51. The smallest absolute Gasteiger partial charge is 0.00133 e. The number of fused-ring (bicyclic) bond motifs is 5. The van der Waals surface area contributed by atoms with E-state index < -0.39 is 0 Å². The van der Waals surface area contributed by atoms with Gasteiger partial charge in [-0.25, -0.2) is 24.6 Å². The van der Waals surface area contributed by atoms with E-state index >= 15 is 0 Å². The van der Waals surface area contributed by atoms with Crippen LogP contribution < -0.4 is 24.8 Å². The van der Waals surface area contributed by atoms with Gasteiger partial charge in [0.1, 0.15) is 0 Å². The molecule has 56 heavy (non-hydrogen) atoms. The first-order valence-corrected chi connectivity index (χ1v) is 21.0. The number of halogens is 2. The van der Waals surface area contributed by atoms with E-state index in [4.69, 9.17) is 0 Å². The minimum Gasteiger partial charge on any atom is -1.00 e. The van der Waals surface area contributed by atoms with Crippen LogP contribution >= 0.6 is 0 Å². The second kappa shape index (κ2) is 17.4. The molecule has 0 amide bonds. The van der Waals surface area contributed by atoms with Gasteiger partial charge in [0.15, 0.2) is 0 Å². The molecule has 0 aliphatic heterocycles. The molecule has 0 fully saturated rings. The van der Waals surface area contributed by atoms with Gasteiger partial charge in [0.25, 0.3) is 0 Å². The number of allylic oxidation sites excluding steroid dienone is 4. The molecule has 0 spiro atoms. The zero-order valence-electron chi connectivity index (χ0n) is 35.7. The Morgan fingerprint density at radius 2 is 1.05 bits per heavy atom. The third-order valence-electron chi connectivity index (χ3n) is 11.7. The first-order chi connectivity index (χ1) is 25.3. The van der Waals surface area contributed by atoms with Crippen LogP contribution in [0.2, 0.25) is 0 Å². The maximum Gasteiger partial charge on any atom is -0.00133 e. The van der Waals surface area contributed by atoms with Crippen LogP contribution in [-0.4, -0.2) is 3.21 Å². The second-order valence-corrected chi connectivity index (χ2v) is 20.2. The molecule has 292 valence electrons. The summed E-state index contributed by atoms with van der Waals surface area (Å²) in [5.74, 6) is 0. The summed E-state index contributed by atoms with van der Waals surface area (Å²) in [5, 5.41) is 0. The van der Waals surface area contributed by atoms with Gasteiger partial charge in [-0.3, -0.25) is 0 Å². The Kier molecular flexibility index (Phi) is 14.2. The summed E-state index contributed by atoms with van der Waals surface area (Å²) >= 11 is 1.46. The van der Waals surface area contributed by atoms with E-state index in [1.54, 1.807) is 0 Å². The molecule has 8 rings (SSSR count). The molecule has 5 aromatic rings. The van der Waals surface area contributed by atoms with Gasteiger partial charge >= 0.3 is 151 Å². The largest absolute Gasteiger partial charge is 1.00 e. The summed E-state index contributed by atoms with van der Waals surface area (Å²) in [7, 11) is 0. The van der Waals surface area contributed by atoms with E-state index in [1.807, 2.05) is 30.3 Å². The van der Waals surface area contributed by atoms with E-state index in [-0.39, 0.29) is 46.5 Å². The monoisotopic (exact) mass is 856 g/mol. The number of hydrogen-bond acceptors (Lipinski definition) is 0. The average Bonchev–Trinajstić information content (AvgIpc) is 3.82. The molecular weight excluding hydrogens is 799 g/mol. The molecule has 0 heterocycles. The second-order valence-electron chi connectivity index (χ2n) is 19.0. The molecule has 0 unspecified atom stereocenters. The number of rotatable bonds is 2. The predicted molar refractivity (Wildman–Crippen MR) is 232 cm³/mol. The van der Waals surface area contributed by atoms with Gasteiger partial charge in [0.05, 0.1) is 0 Å². The summed E-state index contributed by atoms with van der Waals surface area (Å²) in [6.07, 6.45) is 9.28. The average molecular weight is 859 g/mol. The summed E-state index contributed by atoms with van der Waals surface area (Å²) in [4.78, 5) is 0. The van der Waals surface area contributed by atoms with Crippen LogP contribution in [0.3, 0.4) is 0 Å². The third-order valence-corrected chi connectivity index (χ3v) is 13.2. The zero-order valence-corrected chi connectivity index (χ0v) is 39.7. The molecule has 0 radical (unpaired) electrons. The van der Waals surface area contributed by atoms with Crippen LogP contribution in [0.15, 0.2) is 115 Å². The van der Waals surface area contributed by atoms with E-state index in [0.717, 1.165) is 12.8 Å². The first-order valence-electron chi connectivity index (χ1n) is 19.8. The van der Waals surface area contributed by atoms with Crippen LogP contribution in [0.5, 0.6) is 0 Å². The zero-order chi connectivity index (χ0) is 39.2. The van der Waals surface area contributed by atoms with Crippen LogP contribution in [0.4, 0.5) is 0 Å². The topological polar surface area (TPSA) is 0 Å². The van der Waals surface area contributed by atoms with Crippen LogP contribution in [0, 0.1) is 6.42 Å². The molecular formula is C53H60Cl2Zr-2.